The first kappa shape index (κ1) is 12.6. The smallest absolute Gasteiger partial charge is 0.191 e. The van der Waals surface area contributed by atoms with E-state index < -0.39 is 0 Å². The molecule has 5 nitrogen and oxygen atoms in total. The largest absolute Gasteiger partial charge is 0.312 e. The van der Waals surface area contributed by atoms with E-state index in [-0.39, 0.29) is 0 Å². The van der Waals surface area contributed by atoms with Crippen LogP contribution in [0.1, 0.15) is 18.3 Å². The van der Waals surface area contributed by atoms with Crippen LogP contribution in [-0.4, -0.2) is 24.5 Å². The second-order valence-electron chi connectivity index (χ2n) is 3.67. The summed E-state index contributed by atoms with van der Waals surface area (Å²) in [5, 5.41) is 13.3. The van der Waals surface area contributed by atoms with Crippen molar-refractivity contribution >= 4 is 27.7 Å². The Morgan fingerprint density at radius 2 is 2.24 bits per heavy atom. The number of thioether (sulfide) groups is 1. The van der Waals surface area contributed by atoms with Crippen molar-refractivity contribution < 1.29 is 0 Å². The molecule has 0 unspecified atom stereocenters. The molecule has 0 radical (unpaired) electrons. The first-order chi connectivity index (χ1) is 8.13. The van der Waals surface area contributed by atoms with Crippen LogP contribution in [0, 0.1) is 6.92 Å². The Labute approximate surface area is 113 Å². The van der Waals surface area contributed by atoms with Crippen LogP contribution in [0.5, 0.6) is 0 Å². The summed E-state index contributed by atoms with van der Waals surface area (Å²) in [6.07, 6.45) is 1.71. The third-order valence-electron chi connectivity index (χ3n) is 2.46. The minimum Gasteiger partial charge on any atom is -0.312 e. The predicted octanol–water partition coefficient (Wildman–Crippen LogP) is 2.39. The molecule has 0 aliphatic rings. The molecule has 0 spiro atoms. The van der Waals surface area contributed by atoms with E-state index in [0.717, 1.165) is 27.6 Å². The summed E-state index contributed by atoms with van der Waals surface area (Å²) in [6.45, 7) is 4.98. The van der Waals surface area contributed by atoms with Gasteiger partial charge in [0.25, 0.3) is 0 Å². The fourth-order valence-corrected chi connectivity index (χ4v) is 3.07. The molecule has 17 heavy (non-hydrogen) atoms. The number of aryl methyl sites for hydroxylation is 3. The SMILES string of the molecule is CCn1nc(C)c(Br)c1CSc1nncn1C. The summed E-state index contributed by atoms with van der Waals surface area (Å²) >= 11 is 5.25. The second kappa shape index (κ2) is 5.22. The molecule has 0 aliphatic heterocycles. The van der Waals surface area contributed by atoms with Crippen molar-refractivity contribution in [1.82, 2.24) is 24.5 Å². The molecule has 0 bridgehead atoms. The summed E-state index contributed by atoms with van der Waals surface area (Å²) in [5.41, 5.74) is 2.22. The van der Waals surface area contributed by atoms with Gasteiger partial charge in [-0.1, -0.05) is 11.8 Å². The Hall–Kier alpha value is -0.820. The van der Waals surface area contributed by atoms with Crippen molar-refractivity contribution in [3.05, 3.63) is 22.2 Å². The second-order valence-corrected chi connectivity index (χ2v) is 5.41. The van der Waals surface area contributed by atoms with E-state index in [2.05, 4.69) is 38.1 Å². The van der Waals surface area contributed by atoms with Gasteiger partial charge in [0.05, 0.1) is 15.9 Å². The molecule has 7 heteroatoms. The molecule has 0 aromatic carbocycles. The van der Waals surface area contributed by atoms with Crippen molar-refractivity contribution in [3.8, 4) is 0 Å². The van der Waals surface area contributed by atoms with Crippen LogP contribution in [0.25, 0.3) is 0 Å². The van der Waals surface area contributed by atoms with Crippen molar-refractivity contribution in [3.63, 3.8) is 0 Å². The van der Waals surface area contributed by atoms with E-state index in [0.29, 0.717) is 0 Å². The lowest BCUT2D eigenvalue weighted by atomic mass is 10.4. The van der Waals surface area contributed by atoms with Crippen LogP contribution in [0.4, 0.5) is 0 Å². The van der Waals surface area contributed by atoms with Gasteiger partial charge in [0.2, 0.25) is 0 Å². The summed E-state index contributed by atoms with van der Waals surface area (Å²) in [7, 11) is 1.94. The summed E-state index contributed by atoms with van der Waals surface area (Å²) in [4.78, 5) is 0. The fraction of sp³-hybridized carbons (Fsp3) is 0.500. The number of rotatable bonds is 4. The van der Waals surface area contributed by atoms with Crippen LogP contribution < -0.4 is 0 Å². The van der Waals surface area contributed by atoms with Gasteiger partial charge in [0.1, 0.15) is 6.33 Å². The van der Waals surface area contributed by atoms with Gasteiger partial charge in [0.15, 0.2) is 5.16 Å². The van der Waals surface area contributed by atoms with Gasteiger partial charge in [-0.15, -0.1) is 10.2 Å². The maximum Gasteiger partial charge on any atom is 0.191 e. The van der Waals surface area contributed by atoms with Crippen molar-refractivity contribution in [2.45, 2.75) is 31.3 Å². The molecule has 2 aromatic rings. The molecule has 0 aliphatic carbocycles. The number of hydrogen-bond donors (Lipinski definition) is 0. The number of hydrogen-bond acceptors (Lipinski definition) is 4. The van der Waals surface area contributed by atoms with E-state index >= 15 is 0 Å². The lowest BCUT2D eigenvalue weighted by Crippen LogP contribution is -2.02. The highest BCUT2D eigenvalue weighted by atomic mass is 79.9. The van der Waals surface area contributed by atoms with Crippen LogP contribution >= 0.6 is 27.7 Å². The Kier molecular flexibility index (Phi) is 3.88. The molecule has 0 atom stereocenters. The van der Waals surface area contributed by atoms with Gasteiger partial charge in [-0.05, 0) is 29.8 Å². The van der Waals surface area contributed by atoms with Crippen LogP contribution in [0.3, 0.4) is 0 Å². The Bertz CT molecular complexity index is 519. The third-order valence-corrected chi connectivity index (χ3v) is 4.54. The molecule has 2 aromatic heterocycles. The molecule has 92 valence electrons. The highest BCUT2D eigenvalue weighted by Crippen LogP contribution is 2.27. The lowest BCUT2D eigenvalue weighted by Gasteiger charge is -2.04. The first-order valence-electron chi connectivity index (χ1n) is 5.32. The lowest BCUT2D eigenvalue weighted by molar-refractivity contribution is 0.631. The summed E-state index contributed by atoms with van der Waals surface area (Å²) < 4.78 is 5.02. The minimum atomic E-state index is 0.835. The van der Waals surface area contributed by atoms with Crippen LogP contribution in [0.15, 0.2) is 16.0 Å². The normalized spacial score (nSPS) is 11.1. The van der Waals surface area contributed by atoms with Crippen molar-refractivity contribution in [2.75, 3.05) is 0 Å². The Morgan fingerprint density at radius 1 is 1.47 bits per heavy atom. The highest BCUT2D eigenvalue weighted by Gasteiger charge is 2.13. The van der Waals surface area contributed by atoms with Crippen LogP contribution in [-0.2, 0) is 19.3 Å². The first-order valence-corrected chi connectivity index (χ1v) is 7.10. The maximum absolute atomic E-state index is 4.46. The van der Waals surface area contributed by atoms with Gasteiger partial charge >= 0.3 is 0 Å². The van der Waals surface area contributed by atoms with E-state index in [1.165, 1.54) is 5.69 Å². The highest BCUT2D eigenvalue weighted by molar-refractivity contribution is 9.10. The summed E-state index contributed by atoms with van der Waals surface area (Å²) in [5.74, 6) is 0.835. The quantitative estimate of drug-likeness (QED) is 0.813. The predicted molar refractivity (Wildman–Crippen MR) is 70.9 cm³/mol. The van der Waals surface area contributed by atoms with Gasteiger partial charge in [-0.2, -0.15) is 5.10 Å². The van der Waals surface area contributed by atoms with Crippen molar-refractivity contribution in [1.29, 1.82) is 0 Å². The van der Waals surface area contributed by atoms with E-state index in [9.17, 15) is 0 Å². The summed E-state index contributed by atoms with van der Waals surface area (Å²) in [6, 6.07) is 0. The Morgan fingerprint density at radius 3 is 2.82 bits per heavy atom. The molecule has 0 saturated heterocycles. The molecule has 0 fully saturated rings. The molecule has 0 N–H and O–H groups in total. The van der Waals surface area contributed by atoms with Gasteiger partial charge < -0.3 is 4.57 Å². The standard InChI is InChI=1S/C10H14BrN5S/c1-4-16-8(9(11)7(2)14-16)5-17-10-13-12-6-15(10)3/h6H,4-5H2,1-3H3. The third kappa shape index (κ3) is 2.55. The van der Waals surface area contributed by atoms with Gasteiger partial charge in [-0.3, -0.25) is 4.68 Å². The Balaban J connectivity index is 2.16. The zero-order valence-corrected chi connectivity index (χ0v) is 12.4. The zero-order chi connectivity index (χ0) is 12.4. The zero-order valence-electron chi connectivity index (χ0n) is 10.0. The monoisotopic (exact) mass is 315 g/mol. The maximum atomic E-state index is 4.46. The topological polar surface area (TPSA) is 48.5 Å². The molecule has 2 rings (SSSR count). The van der Waals surface area contributed by atoms with E-state index in [4.69, 9.17) is 0 Å². The number of aromatic nitrogens is 5. The molecule has 0 amide bonds. The molecular weight excluding hydrogens is 302 g/mol. The van der Waals surface area contributed by atoms with Gasteiger partial charge in [0, 0.05) is 19.3 Å². The average Bonchev–Trinajstić information content (AvgIpc) is 2.83. The molecular formula is C10H14BrN5S. The van der Waals surface area contributed by atoms with Gasteiger partial charge in [-0.25, -0.2) is 0 Å². The minimum absolute atomic E-state index is 0.835. The number of nitrogens with zero attached hydrogens (tertiary/aromatic N) is 5. The van der Waals surface area contributed by atoms with E-state index in [1.807, 2.05) is 23.2 Å². The van der Waals surface area contributed by atoms with Crippen LogP contribution in [0.2, 0.25) is 0 Å². The van der Waals surface area contributed by atoms with E-state index in [1.54, 1.807) is 18.1 Å². The molecule has 0 saturated carbocycles. The fourth-order valence-electron chi connectivity index (χ4n) is 1.54. The molecule has 2 heterocycles. The van der Waals surface area contributed by atoms with Crippen molar-refractivity contribution in [2.24, 2.45) is 7.05 Å². The average molecular weight is 316 g/mol. The number of halogens is 1.